The van der Waals surface area contributed by atoms with E-state index in [1.165, 1.54) is 11.3 Å². The summed E-state index contributed by atoms with van der Waals surface area (Å²) in [5.41, 5.74) is 1.62. The molecule has 0 aliphatic rings. The van der Waals surface area contributed by atoms with Gasteiger partial charge in [0.2, 0.25) is 6.61 Å². The van der Waals surface area contributed by atoms with Gasteiger partial charge in [-0.15, -0.1) is 11.3 Å². The van der Waals surface area contributed by atoms with Crippen molar-refractivity contribution in [2.24, 2.45) is 0 Å². The molecule has 1 aromatic heterocycles. The minimum atomic E-state index is -0.919. The van der Waals surface area contributed by atoms with Crippen LogP contribution < -0.4 is 4.74 Å². The Morgan fingerprint density at radius 1 is 1.42 bits per heavy atom. The number of carbonyl (C=O) groups is 1. The predicted molar refractivity (Wildman–Crippen MR) is 73.9 cm³/mol. The number of aryl methyl sites for hydroxylation is 1. The fourth-order valence-corrected chi connectivity index (χ4v) is 2.55. The minimum absolute atomic E-state index is 0.315. The van der Waals surface area contributed by atoms with Crippen LogP contribution in [-0.4, -0.2) is 22.7 Å². The van der Waals surface area contributed by atoms with Gasteiger partial charge in [-0.1, -0.05) is 12.1 Å². The molecule has 19 heavy (non-hydrogen) atoms. The van der Waals surface area contributed by atoms with Crippen LogP contribution in [0.4, 0.5) is 0 Å². The predicted octanol–water partition coefficient (Wildman–Crippen LogP) is 2.95. The normalized spacial score (nSPS) is 10.4. The summed E-state index contributed by atoms with van der Waals surface area (Å²) < 4.78 is 5.26. The highest BCUT2D eigenvalue weighted by Gasteiger charge is 2.15. The van der Waals surface area contributed by atoms with E-state index in [4.69, 9.17) is 9.84 Å². The number of hydrogen-bond donors (Lipinski definition) is 1. The van der Waals surface area contributed by atoms with E-state index < -0.39 is 5.97 Å². The molecule has 0 atom stereocenters. The van der Waals surface area contributed by atoms with E-state index >= 15 is 0 Å². The minimum Gasteiger partial charge on any atom is -0.477 e. The van der Waals surface area contributed by atoms with Crippen LogP contribution in [0.25, 0.3) is 0 Å². The monoisotopic (exact) mass is 276 g/mol. The Balaban J connectivity index is 2.18. The molecule has 0 amide bonds. The van der Waals surface area contributed by atoms with Gasteiger partial charge in [0, 0.05) is 6.42 Å². The summed E-state index contributed by atoms with van der Waals surface area (Å²) in [6.45, 7) is 5.80. The number of ether oxygens (including phenoxy) is 1. The lowest BCUT2D eigenvalue weighted by molar-refractivity contribution is 0.0701. The van der Waals surface area contributed by atoms with Gasteiger partial charge in [0.1, 0.15) is 17.6 Å². The second kappa shape index (κ2) is 5.75. The summed E-state index contributed by atoms with van der Waals surface area (Å²) in [6, 6.07) is 7.51. The average Bonchev–Trinajstić information content (AvgIpc) is 2.73. The van der Waals surface area contributed by atoms with Gasteiger partial charge in [0.25, 0.3) is 0 Å². The van der Waals surface area contributed by atoms with Crippen molar-refractivity contribution in [2.45, 2.75) is 13.3 Å². The van der Waals surface area contributed by atoms with Crippen LogP contribution >= 0.6 is 11.3 Å². The first kappa shape index (κ1) is 13.4. The van der Waals surface area contributed by atoms with Crippen LogP contribution in [-0.2, 0) is 6.42 Å². The first-order valence-electron chi connectivity index (χ1n) is 5.80. The molecule has 4 nitrogen and oxygen atoms in total. The molecule has 98 valence electrons. The highest BCUT2D eigenvalue weighted by molar-refractivity contribution is 7.13. The molecule has 0 spiro atoms. The van der Waals surface area contributed by atoms with Gasteiger partial charge in [0.05, 0.1) is 10.7 Å². The van der Waals surface area contributed by atoms with E-state index in [1.807, 2.05) is 31.2 Å². The van der Waals surface area contributed by atoms with Crippen LogP contribution in [0.15, 0.2) is 24.3 Å². The third-order valence-electron chi connectivity index (χ3n) is 2.56. The second-order valence-electron chi connectivity index (χ2n) is 3.98. The highest BCUT2D eigenvalue weighted by Crippen LogP contribution is 2.22. The van der Waals surface area contributed by atoms with Crippen LogP contribution in [0.1, 0.15) is 25.9 Å². The van der Waals surface area contributed by atoms with Crippen molar-refractivity contribution in [1.82, 2.24) is 4.98 Å². The molecule has 0 radical (unpaired) electrons. The topological polar surface area (TPSA) is 59.4 Å². The molecular weight excluding hydrogens is 262 g/mol. The number of nitrogens with zero attached hydrogens (tertiary/aromatic N) is 1. The Hall–Kier alpha value is -2.01. The zero-order chi connectivity index (χ0) is 13.8. The Bertz CT molecular complexity index is 575. The van der Waals surface area contributed by atoms with Crippen molar-refractivity contribution in [3.05, 3.63) is 52.3 Å². The summed E-state index contributed by atoms with van der Waals surface area (Å²) in [4.78, 5) is 15.7. The molecule has 1 aromatic carbocycles. The van der Waals surface area contributed by atoms with Crippen molar-refractivity contribution >= 4 is 17.3 Å². The smallest absolute Gasteiger partial charge is 0.347 e. The first-order valence-corrected chi connectivity index (χ1v) is 6.62. The zero-order valence-corrected chi connectivity index (χ0v) is 11.4. The highest BCUT2D eigenvalue weighted by atomic mass is 32.1. The largest absolute Gasteiger partial charge is 0.477 e. The lowest BCUT2D eigenvalue weighted by Crippen LogP contribution is -2.00. The summed E-state index contributed by atoms with van der Waals surface area (Å²) >= 11 is 1.21. The second-order valence-corrected chi connectivity index (χ2v) is 5.19. The van der Waals surface area contributed by atoms with Gasteiger partial charge in [-0.25, -0.2) is 9.78 Å². The summed E-state index contributed by atoms with van der Waals surface area (Å²) in [5.74, 6) is -0.163. The summed E-state index contributed by atoms with van der Waals surface area (Å²) in [5, 5.41) is 9.88. The molecule has 0 saturated carbocycles. The van der Waals surface area contributed by atoms with Crippen LogP contribution in [0.2, 0.25) is 0 Å². The maximum atomic E-state index is 11.1. The van der Waals surface area contributed by atoms with Gasteiger partial charge in [0.15, 0.2) is 0 Å². The Kier molecular flexibility index (Phi) is 4.06. The molecule has 2 aromatic rings. The molecule has 1 heterocycles. The third kappa shape index (κ3) is 3.26. The van der Waals surface area contributed by atoms with Crippen molar-refractivity contribution < 1.29 is 14.6 Å². The molecular formula is C14H14NO3S+. The van der Waals surface area contributed by atoms with Crippen LogP contribution in [0.5, 0.6) is 5.75 Å². The number of carboxylic acids is 1. The van der Waals surface area contributed by atoms with Crippen molar-refractivity contribution in [1.29, 1.82) is 0 Å². The van der Waals surface area contributed by atoms with E-state index in [-0.39, 0.29) is 0 Å². The molecule has 2 rings (SSSR count). The molecule has 0 bridgehead atoms. The number of aromatic carboxylic acids is 1. The standard InChI is InChI=1S/C14H13NO3S/c1-3-18-11-6-4-10(5-7-11)8-12-13(14(16)17)19-9(2)15-12/h4-7H,1,3,8H2,2H3/p+1. The SMILES string of the molecule is [CH2+]COc1ccc(Cc2nc(C)sc2C(=O)O)cc1. The fourth-order valence-electron chi connectivity index (χ4n) is 1.77. The number of hydrogen-bond acceptors (Lipinski definition) is 4. The molecule has 0 unspecified atom stereocenters. The Labute approximate surface area is 115 Å². The summed E-state index contributed by atoms with van der Waals surface area (Å²) in [6.07, 6.45) is 0.511. The Morgan fingerprint density at radius 2 is 2.11 bits per heavy atom. The van der Waals surface area contributed by atoms with Gasteiger partial charge in [-0.05, 0) is 24.6 Å². The van der Waals surface area contributed by atoms with Crippen molar-refractivity contribution in [2.75, 3.05) is 6.61 Å². The van der Waals surface area contributed by atoms with E-state index in [0.29, 0.717) is 23.6 Å². The van der Waals surface area contributed by atoms with Gasteiger partial charge < -0.3 is 9.84 Å². The van der Waals surface area contributed by atoms with Crippen LogP contribution in [0, 0.1) is 13.8 Å². The van der Waals surface area contributed by atoms with E-state index in [9.17, 15) is 4.79 Å². The van der Waals surface area contributed by atoms with E-state index in [1.54, 1.807) is 0 Å². The first-order chi connectivity index (χ1) is 9.10. The average molecular weight is 276 g/mol. The third-order valence-corrected chi connectivity index (χ3v) is 3.56. The van der Waals surface area contributed by atoms with E-state index in [2.05, 4.69) is 11.9 Å². The lowest BCUT2D eigenvalue weighted by atomic mass is 10.1. The number of benzene rings is 1. The Morgan fingerprint density at radius 3 is 2.68 bits per heavy atom. The zero-order valence-electron chi connectivity index (χ0n) is 10.5. The fraction of sp³-hybridized carbons (Fsp3) is 0.214. The van der Waals surface area contributed by atoms with E-state index in [0.717, 1.165) is 16.3 Å². The number of thiazole rings is 1. The quantitative estimate of drug-likeness (QED) is 0.853. The van der Waals surface area contributed by atoms with Crippen molar-refractivity contribution in [3.63, 3.8) is 0 Å². The number of rotatable bonds is 5. The van der Waals surface area contributed by atoms with Crippen molar-refractivity contribution in [3.8, 4) is 5.75 Å². The number of aromatic nitrogens is 1. The molecule has 1 N–H and O–H groups in total. The molecule has 0 aliphatic carbocycles. The molecule has 0 aliphatic heterocycles. The van der Waals surface area contributed by atoms with Gasteiger partial charge in [-0.2, -0.15) is 0 Å². The molecule has 0 saturated heterocycles. The maximum Gasteiger partial charge on any atom is 0.347 e. The van der Waals surface area contributed by atoms with Crippen LogP contribution in [0.3, 0.4) is 0 Å². The number of carboxylic acid groups (broad SMARTS) is 1. The van der Waals surface area contributed by atoms with Gasteiger partial charge in [-0.3, -0.25) is 0 Å². The molecule has 5 heteroatoms. The van der Waals surface area contributed by atoms with Gasteiger partial charge >= 0.3 is 5.97 Å². The maximum absolute atomic E-state index is 11.1. The summed E-state index contributed by atoms with van der Waals surface area (Å²) in [7, 11) is 0. The molecule has 0 fully saturated rings. The lowest BCUT2D eigenvalue weighted by Gasteiger charge is -2.03.